The average Bonchev–Trinajstić information content (AvgIpc) is 2.66. The summed E-state index contributed by atoms with van der Waals surface area (Å²) in [5.74, 6) is 0.959. The Morgan fingerprint density at radius 1 is 1.25 bits per heavy atom. The van der Waals surface area contributed by atoms with E-state index in [0.29, 0.717) is 13.0 Å². The fraction of sp³-hybridized carbons (Fsp3) is 0.353. The smallest absolute Gasteiger partial charge is 0.111 e. The summed E-state index contributed by atoms with van der Waals surface area (Å²) in [5, 5.41) is 11.1. The molecule has 1 N–H and O–H groups in total. The Balaban J connectivity index is 2.04. The van der Waals surface area contributed by atoms with Crippen LogP contribution in [0.4, 0.5) is 0 Å². The molecule has 3 heteroatoms. The Morgan fingerprint density at radius 2 is 2.00 bits per heavy atom. The normalized spacial score (nSPS) is 21.0. The quantitative estimate of drug-likeness (QED) is 0.908. The molecule has 2 aromatic rings. The second kappa shape index (κ2) is 4.60. The van der Waals surface area contributed by atoms with Crippen LogP contribution in [0.25, 0.3) is 6.08 Å². The van der Waals surface area contributed by atoms with Gasteiger partial charge in [-0.2, -0.15) is 0 Å². The molecule has 0 saturated heterocycles. The first-order valence-corrected chi connectivity index (χ1v) is 7.00. The van der Waals surface area contributed by atoms with Gasteiger partial charge in [-0.05, 0) is 31.9 Å². The van der Waals surface area contributed by atoms with Crippen LogP contribution in [0.15, 0.2) is 30.3 Å². The van der Waals surface area contributed by atoms with Gasteiger partial charge in [-0.1, -0.05) is 36.4 Å². The summed E-state index contributed by atoms with van der Waals surface area (Å²) in [6.45, 7) is 6.61. The lowest BCUT2D eigenvalue weighted by molar-refractivity contribution is 0.0189. The van der Waals surface area contributed by atoms with E-state index in [2.05, 4.69) is 34.7 Å². The van der Waals surface area contributed by atoms with Crippen LogP contribution in [0, 0.1) is 20.8 Å². The summed E-state index contributed by atoms with van der Waals surface area (Å²) in [7, 11) is 0. The zero-order chi connectivity index (χ0) is 14.3. The van der Waals surface area contributed by atoms with Crippen molar-refractivity contribution in [3.05, 3.63) is 58.7 Å². The first kappa shape index (κ1) is 13.1. The topological polar surface area (TPSA) is 38.0 Å². The molecule has 1 unspecified atom stereocenters. The molecular formula is C17H20N2O. The number of aromatic nitrogens is 2. The van der Waals surface area contributed by atoms with E-state index >= 15 is 0 Å². The number of hydrogen-bond acceptors (Lipinski definition) is 2. The molecule has 0 bridgehead atoms. The number of imidazole rings is 1. The van der Waals surface area contributed by atoms with Gasteiger partial charge in [0.05, 0.1) is 12.2 Å². The van der Waals surface area contributed by atoms with Crippen molar-refractivity contribution in [3.63, 3.8) is 0 Å². The van der Waals surface area contributed by atoms with Gasteiger partial charge in [0.25, 0.3) is 0 Å². The predicted octanol–water partition coefficient (Wildman–Crippen LogP) is 3.11. The monoisotopic (exact) mass is 268 g/mol. The Kier molecular flexibility index (Phi) is 3.02. The Hall–Kier alpha value is -1.87. The van der Waals surface area contributed by atoms with Crippen molar-refractivity contribution in [1.82, 2.24) is 9.55 Å². The molecule has 0 spiro atoms. The fourth-order valence-electron chi connectivity index (χ4n) is 3.02. The lowest BCUT2D eigenvalue weighted by atomic mass is 9.83. The van der Waals surface area contributed by atoms with E-state index in [4.69, 9.17) is 0 Å². The fourth-order valence-corrected chi connectivity index (χ4v) is 3.02. The minimum atomic E-state index is -0.853. The minimum absolute atomic E-state index is 0.548. The third-order valence-corrected chi connectivity index (χ3v) is 4.28. The average molecular weight is 268 g/mol. The maximum atomic E-state index is 11.1. The van der Waals surface area contributed by atoms with Crippen LogP contribution in [0.3, 0.4) is 0 Å². The van der Waals surface area contributed by atoms with Gasteiger partial charge in [0, 0.05) is 12.1 Å². The molecule has 1 heterocycles. The Labute approximate surface area is 119 Å². The van der Waals surface area contributed by atoms with Crippen molar-refractivity contribution in [1.29, 1.82) is 0 Å². The zero-order valence-electron chi connectivity index (χ0n) is 12.2. The number of nitrogens with zero attached hydrogens (tertiary/aromatic N) is 2. The summed E-state index contributed by atoms with van der Waals surface area (Å²) in [5.41, 5.74) is 3.42. The lowest BCUT2D eigenvalue weighted by Gasteiger charge is -2.33. The van der Waals surface area contributed by atoms with E-state index < -0.39 is 5.60 Å². The molecule has 3 nitrogen and oxygen atoms in total. The predicted molar refractivity (Wildman–Crippen MR) is 80.4 cm³/mol. The van der Waals surface area contributed by atoms with Crippen LogP contribution >= 0.6 is 0 Å². The molecule has 0 fully saturated rings. The molecule has 1 atom stereocenters. The first-order valence-electron chi connectivity index (χ1n) is 7.00. The van der Waals surface area contributed by atoms with Crippen LogP contribution in [0.1, 0.15) is 34.8 Å². The van der Waals surface area contributed by atoms with Crippen LogP contribution in [-0.2, 0) is 12.1 Å². The third-order valence-electron chi connectivity index (χ3n) is 4.28. The van der Waals surface area contributed by atoms with Gasteiger partial charge in [-0.3, -0.25) is 0 Å². The van der Waals surface area contributed by atoms with Gasteiger partial charge < -0.3 is 9.67 Å². The van der Waals surface area contributed by atoms with Crippen LogP contribution in [0.5, 0.6) is 0 Å². The molecule has 104 valence electrons. The number of rotatable bonds is 2. The molecule has 1 aromatic carbocycles. The zero-order valence-corrected chi connectivity index (χ0v) is 12.2. The number of aryl methyl sites for hydroxylation is 2. The highest BCUT2D eigenvalue weighted by Crippen LogP contribution is 2.35. The highest BCUT2D eigenvalue weighted by atomic mass is 16.3. The summed E-state index contributed by atoms with van der Waals surface area (Å²) in [6.07, 6.45) is 4.78. The molecule has 0 amide bonds. The van der Waals surface area contributed by atoms with Gasteiger partial charge in [-0.25, -0.2) is 4.98 Å². The second-order valence-electron chi connectivity index (χ2n) is 5.64. The number of fused-ring (bicyclic) bond motifs is 1. The third kappa shape index (κ3) is 1.98. The molecule has 0 aliphatic heterocycles. The van der Waals surface area contributed by atoms with Gasteiger partial charge in [0.1, 0.15) is 11.4 Å². The molecule has 20 heavy (non-hydrogen) atoms. The standard InChI is InChI=1S/C17H20N2O/c1-12-13(2)19(14(3)18-12)11-17(20)10-6-8-15-7-4-5-9-16(15)17/h4-9,20H,10-11H2,1-3H3. The second-order valence-corrected chi connectivity index (χ2v) is 5.64. The number of aliphatic hydroxyl groups is 1. The molecule has 1 aromatic heterocycles. The highest BCUT2D eigenvalue weighted by Gasteiger charge is 2.33. The van der Waals surface area contributed by atoms with E-state index in [1.165, 1.54) is 0 Å². The van der Waals surface area contributed by atoms with Crippen molar-refractivity contribution >= 4 is 6.08 Å². The summed E-state index contributed by atoms with van der Waals surface area (Å²) in [4.78, 5) is 4.50. The van der Waals surface area contributed by atoms with Crippen LogP contribution < -0.4 is 0 Å². The van der Waals surface area contributed by atoms with E-state index in [1.54, 1.807) is 0 Å². The Morgan fingerprint density at radius 3 is 2.70 bits per heavy atom. The molecule has 1 aliphatic rings. The van der Waals surface area contributed by atoms with Crippen molar-refractivity contribution in [2.24, 2.45) is 0 Å². The number of hydrogen-bond donors (Lipinski definition) is 1. The SMILES string of the molecule is Cc1nc(C)n(CC2(O)CC=Cc3ccccc32)c1C. The molecule has 1 aliphatic carbocycles. The van der Waals surface area contributed by atoms with Crippen molar-refractivity contribution in [2.45, 2.75) is 39.3 Å². The van der Waals surface area contributed by atoms with E-state index in [0.717, 1.165) is 28.3 Å². The van der Waals surface area contributed by atoms with E-state index in [-0.39, 0.29) is 0 Å². The van der Waals surface area contributed by atoms with Gasteiger partial charge in [0.2, 0.25) is 0 Å². The Bertz CT molecular complexity index is 684. The van der Waals surface area contributed by atoms with Crippen LogP contribution in [0.2, 0.25) is 0 Å². The maximum Gasteiger partial charge on any atom is 0.111 e. The van der Waals surface area contributed by atoms with Gasteiger partial charge in [0.15, 0.2) is 0 Å². The highest BCUT2D eigenvalue weighted by molar-refractivity contribution is 5.58. The summed E-state index contributed by atoms with van der Waals surface area (Å²) in [6, 6.07) is 8.07. The minimum Gasteiger partial charge on any atom is -0.383 e. The van der Waals surface area contributed by atoms with Gasteiger partial charge >= 0.3 is 0 Å². The largest absolute Gasteiger partial charge is 0.383 e. The van der Waals surface area contributed by atoms with Crippen molar-refractivity contribution in [2.75, 3.05) is 0 Å². The summed E-state index contributed by atoms with van der Waals surface area (Å²) < 4.78 is 2.12. The van der Waals surface area contributed by atoms with Crippen LogP contribution in [-0.4, -0.2) is 14.7 Å². The van der Waals surface area contributed by atoms with E-state index in [1.807, 2.05) is 32.0 Å². The molecule has 3 rings (SSSR count). The molecule has 0 radical (unpaired) electrons. The first-order chi connectivity index (χ1) is 9.51. The lowest BCUT2D eigenvalue weighted by Crippen LogP contribution is -2.33. The van der Waals surface area contributed by atoms with Gasteiger partial charge in [-0.15, -0.1) is 0 Å². The van der Waals surface area contributed by atoms with Crippen molar-refractivity contribution < 1.29 is 5.11 Å². The van der Waals surface area contributed by atoms with E-state index in [9.17, 15) is 5.11 Å². The van der Waals surface area contributed by atoms with Crippen molar-refractivity contribution in [3.8, 4) is 0 Å². The molecule has 0 saturated carbocycles. The summed E-state index contributed by atoms with van der Waals surface area (Å²) >= 11 is 0. The number of benzene rings is 1. The molecular weight excluding hydrogens is 248 g/mol. The maximum absolute atomic E-state index is 11.1.